The maximum Gasteiger partial charge on any atom is 0.251 e. The largest absolute Gasteiger partial charge is 0.354 e. The molecule has 0 aliphatic carbocycles. The number of guanidine groups is 1. The Morgan fingerprint density at radius 3 is 2.23 bits per heavy atom. The average Bonchev–Trinajstić information content (AvgIpc) is 2.81. The zero-order chi connectivity index (χ0) is 21.0. The predicted molar refractivity (Wildman–Crippen MR) is 124 cm³/mol. The van der Waals surface area contributed by atoms with Crippen molar-refractivity contribution in [1.29, 1.82) is 0 Å². The fraction of sp³-hybridized carbons (Fsp3) is 0.333. The number of piperazine rings is 1. The molecule has 1 aliphatic heterocycles. The summed E-state index contributed by atoms with van der Waals surface area (Å²) in [5, 5.41) is 6.29. The van der Waals surface area contributed by atoms with Crippen molar-refractivity contribution in [3.63, 3.8) is 0 Å². The minimum atomic E-state index is -0.0513. The van der Waals surface area contributed by atoms with Gasteiger partial charge in [0.2, 0.25) is 0 Å². The van der Waals surface area contributed by atoms with Crippen LogP contribution in [0.15, 0.2) is 71.7 Å². The molecular weight excluding hydrogens is 374 g/mol. The topological polar surface area (TPSA) is 60.0 Å². The van der Waals surface area contributed by atoms with Crippen LogP contribution in [-0.4, -0.2) is 74.5 Å². The number of nitrogens with one attached hydrogen (secondary N) is 2. The first-order valence-corrected chi connectivity index (χ1v) is 10.5. The van der Waals surface area contributed by atoms with E-state index < -0.39 is 0 Å². The van der Waals surface area contributed by atoms with Gasteiger partial charge in [0.1, 0.15) is 0 Å². The van der Waals surface area contributed by atoms with Crippen LogP contribution in [0.4, 0.5) is 0 Å². The van der Waals surface area contributed by atoms with E-state index in [4.69, 9.17) is 0 Å². The quantitative estimate of drug-likeness (QED) is 0.422. The summed E-state index contributed by atoms with van der Waals surface area (Å²) in [6, 6.07) is 19.7. The molecule has 1 fully saturated rings. The zero-order valence-corrected chi connectivity index (χ0v) is 17.6. The Kier molecular flexibility index (Phi) is 8.47. The number of carbonyl (C=O) groups excluding carboxylic acids is 1. The van der Waals surface area contributed by atoms with Crippen LogP contribution in [-0.2, 0) is 0 Å². The smallest absolute Gasteiger partial charge is 0.251 e. The lowest BCUT2D eigenvalue weighted by molar-refractivity contribution is 0.0954. The van der Waals surface area contributed by atoms with Crippen LogP contribution in [0, 0.1) is 0 Å². The van der Waals surface area contributed by atoms with Crippen molar-refractivity contribution < 1.29 is 4.79 Å². The van der Waals surface area contributed by atoms with Crippen LogP contribution in [0.25, 0.3) is 6.08 Å². The Labute approximate surface area is 179 Å². The zero-order valence-electron chi connectivity index (χ0n) is 17.6. The highest BCUT2D eigenvalue weighted by Gasteiger charge is 2.18. The van der Waals surface area contributed by atoms with Crippen LogP contribution < -0.4 is 10.6 Å². The molecule has 1 heterocycles. The third kappa shape index (κ3) is 6.74. The molecule has 6 nitrogen and oxygen atoms in total. The molecule has 0 bridgehead atoms. The number of hydrogen-bond acceptors (Lipinski definition) is 3. The van der Waals surface area contributed by atoms with Gasteiger partial charge in [0.15, 0.2) is 5.96 Å². The molecule has 0 radical (unpaired) electrons. The van der Waals surface area contributed by atoms with Crippen molar-refractivity contribution in [3.05, 3.63) is 77.9 Å². The summed E-state index contributed by atoms with van der Waals surface area (Å²) < 4.78 is 0. The third-order valence-electron chi connectivity index (χ3n) is 5.09. The van der Waals surface area contributed by atoms with E-state index in [1.165, 1.54) is 5.56 Å². The number of benzene rings is 2. The second-order valence-corrected chi connectivity index (χ2v) is 7.20. The lowest BCUT2D eigenvalue weighted by Crippen LogP contribution is -2.53. The molecule has 0 aromatic heterocycles. The molecule has 2 aromatic carbocycles. The molecule has 2 N–H and O–H groups in total. The summed E-state index contributed by atoms with van der Waals surface area (Å²) in [5.41, 5.74) is 1.92. The molecule has 0 spiro atoms. The molecule has 1 amide bonds. The SMILES string of the molecule is CN=C(NCCNC(=O)c1ccccc1)N1CCN(C/C=C/c2ccccc2)CC1. The van der Waals surface area contributed by atoms with E-state index in [9.17, 15) is 4.79 Å². The van der Waals surface area contributed by atoms with Crippen molar-refractivity contribution >= 4 is 17.9 Å². The van der Waals surface area contributed by atoms with E-state index in [0.717, 1.165) is 38.7 Å². The van der Waals surface area contributed by atoms with Crippen molar-refractivity contribution in [2.24, 2.45) is 4.99 Å². The van der Waals surface area contributed by atoms with E-state index in [1.807, 2.05) is 36.4 Å². The van der Waals surface area contributed by atoms with E-state index >= 15 is 0 Å². The minimum absolute atomic E-state index is 0.0513. The van der Waals surface area contributed by atoms with E-state index in [0.29, 0.717) is 18.7 Å². The first-order chi connectivity index (χ1) is 14.8. The summed E-state index contributed by atoms with van der Waals surface area (Å²) in [5.74, 6) is 0.841. The Morgan fingerprint density at radius 1 is 0.933 bits per heavy atom. The summed E-state index contributed by atoms with van der Waals surface area (Å²) in [6.45, 7) is 6.04. The fourth-order valence-electron chi connectivity index (χ4n) is 3.42. The van der Waals surface area contributed by atoms with Gasteiger partial charge in [-0.1, -0.05) is 60.7 Å². The second-order valence-electron chi connectivity index (χ2n) is 7.20. The van der Waals surface area contributed by atoms with Crippen molar-refractivity contribution in [1.82, 2.24) is 20.4 Å². The number of amides is 1. The maximum absolute atomic E-state index is 12.1. The van der Waals surface area contributed by atoms with Crippen LogP contribution in [0.3, 0.4) is 0 Å². The summed E-state index contributed by atoms with van der Waals surface area (Å²) in [7, 11) is 1.81. The standard InChI is InChI=1S/C24H31N5O/c1-25-24(27-15-14-26-23(30)22-12-6-3-7-13-22)29-19-17-28(18-20-29)16-8-11-21-9-4-2-5-10-21/h2-13H,14-20H2,1H3,(H,25,27)(H,26,30)/b11-8+. The lowest BCUT2D eigenvalue weighted by Gasteiger charge is -2.36. The Hall–Kier alpha value is -3.12. The molecule has 0 atom stereocenters. The van der Waals surface area contributed by atoms with Crippen LogP contribution >= 0.6 is 0 Å². The summed E-state index contributed by atoms with van der Waals surface area (Å²) in [4.78, 5) is 21.2. The predicted octanol–water partition coefficient (Wildman–Crippen LogP) is 2.32. The van der Waals surface area contributed by atoms with Gasteiger partial charge in [0, 0.05) is 58.4 Å². The molecule has 0 unspecified atom stereocenters. The normalized spacial score (nSPS) is 15.4. The van der Waals surface area contributed by atoms with Gasteiger partial charge in [-0.05, 0) is 17.7 Å². The van der Waals surface area contributed by atoms with E-state index in [-0.39, 0.29) is 5.91 Å². The molecule has 30 heavy (non-hydrogen) atoms. The number of nitrogens with zero attached hydrogens (tertiary/aromatic N) is 3. The Balaban J connectivity index is 1.34. The van der Waals surface area contributed by atoms with Crippen LogP contribution in [0.1, 0.15) is 15.9 Å². The van der Waals surface area contributed by atoms with E-state index in [1.54, 1.807) is 7.05 Å². The average molecular weight is 406 g/mol. The van der Waals surface area contributed by atoms with Crippen molar-refractivity contribution in [3.8, 4) is 0 Å². The highest BCUT2D eigenvalue weighted by Crippen LogP contribution is 2.05. The van der Waals surface area contributed by atoms with Crippen molar-refractivity contribution in [2.45, 2.75) is 0 Å². The van der Waals surface area contributed by atoms with Crippen molar-refractivity contribution in [2.75, 3.05) is 52.9 Å². The minimum Gasteiger partial charge on any atom is -0.354 e. The highest BCUT2D eigenvalue weighted by molar-refractivity contribution is 5.94. The van der Waals surface area contributed by atoms with Gasteiger partial charge in [-0.15, -0.1) is 0 Å². The lowest BCUT2D eigenvalue weighted by atomic mass is 10.2. The van der Waals surface area contributed by atoms with Gasteiger partial charge in [0.25, 0.3) is 5.91 Å². The number of rotatable bonds is 7. The molecule has 6 heteroatoms. The van der Waals surface area contributed by atoms with Gasteiger partial charge in [0.05, 0.1) is 0 Å². The maximum atomic E-state index is 12.1. The first kappa shape index (κ1) is 21.6. The highest BCUT2D eigenvalue weighted by atomic mass is 16.1. The summed E-state index contributed by atoms with van der Waals surface area (Å²) >= 11 is 0. The first-order valence-electron chi connectivity index (χ1n) is 10.5. The van der Waals surface area contributed by atoms with Crippen LogP contribution in [0.5, 0.6) is 0 Å². The third-order valence-corrected chi connectivity index (χ3v) is 5.09. The van der Waals surface area contributed by atoms with Crippen LogP contribution in [0.2, 0.25) is 0 Å². The monoisotopic (exact) mass is 405 g/mol. The molecule has 1 saturated heterocycles. The number of aliphatic imine (C=N–C) groups is 1. The van der Waals surface area contributed by atoms with Gasteiger partial charge in [-0.2, -0.15) is 0 Å². The van der Waals surface area contributed by atoms with Gasteiger partial charge in [-0.3, -0.25) is 14.7 Å². The van der Waals surface area contributed by atoms with Gasteiger partial charge in [-0.25, -0.2) is 0 Å². The molecular formula is C24H31N5O. The molecule has 158 valence electrons. The second kappa shape index (κ2) is 11.8. The Morgan fingerprint density at radius 2 is 1.57 bits per heavy atom. The Bertz CT molecular complexity index is 827. The molecule has 3 rings (SSSR count). The molecule has 0 saturated carbocycles. The molecule has 2 aromatic rings. The fourth-order valence-corrected chi connectivity index (χ4v) is 3.42. The molecule has 1 aliphatic rings. The summed E-state index contributed by atoms with van der Waals surface area (Å²) in [6.07, 6.45) is 4.41. The number of hydrogen-bond donors (Lipinski definition) is 2. The van der Waals surface area contributed by atoms with E-state index in [2.05, 4.69) is 61.8 Å². The van der Waals surface area contributed by atoms with Gasteiger partial charge < -0.3 is 15.5 Å². The number of carbonyl (C=O) groups is 1. The van der Waals surface area contributed by atoms with Gasteiger partial charge >= 0.3 is 0 Å².